The van der Waals surface area contributed by atoms with E-state index in [2.05, 4.69) is 17.4 Å². The number of benzene rings is 3. The molecule has 1 N–H and O–H groups in total. The van der Waals surface area contributed by atoms with Gasteiger partial charge in [-0.2, -0.15) is 0 Å². The van der Waals surface area contributed by atoms with Crippen molar-refractivity contribution in [1.82, 2.24) is 0 Å². The van der Waals surface area contributed by atoms with Gasteiger partial charge in [-0.05, 0) is 92.1 Å². The Morgan fingerprint density at radius 3 is 2.21 bits per heavy atom. The highest BCUT2D eigenvalue weighted by Crippen LogP contribution is 2.45. The highest BCUT2D eigenvalue weighted by atomic mass is 16.5. The highest BCUT2D eigenvalue weighted by Gasteiger charge is 2.50. The van der Waals surface area contributed by atoms with Gasteiger partial charge in [-0.3, -0.25) is 19.3 Å². The standard InChI is InChI=1S/C31H30N2O5/c1-19-14-20(2)16-24(15-19)32-28(34)18-38-31(37)22-8-11-25(12-9-22)33-29(35)26-13-10-23(17-27(26)30(33)36)21-6-4-3-5-7-21/h3-9,11-12,14-16,23,26-27H,10,13,17-18H2,1-2H3,(H,32,34)/t23-,26-,27+/m1/s1. The van der Waals surface area contributed by atoms with Crippen LogP contribution in [0.2, 0.25) is 0 Å². The van der Waals surface area contributed by atoms with E-state index in [0.29, 0.717) is 24.2 Å². The Kier molecular flexibility index (Phi) is 7.09. The number of anilines is 2. The van der Waals surface area contributed by atoms with E-state index in [-0.39, 0.29) is 35.1 Å². The van der Waals surface area contributed by atoms with Crippen molar-refractivity contribution in [3.8, 4) is 0 Å². The third-order valence-corrected chi connectivity index (χ3v) is 7.40. The molecule has 1 heterocycles. The van der Waals surface area contributed by atoms with Gasteiger partial charge in [-0.1, -0.05) is 36.4 Å². The molecule has 3 amide bonds. The third kappa shape index (κ3) is 5.23. The first-order chi connectivity index (χ1) is 18.3. The van der Waals surface area contributed by atoms with E-state index in [9.17, 15) is 19.2 Å². The zero-order valence-corrected chi connectivity index (χ0v) is 21.5. The summed E-state index contributed by atoms with van der Waals surface area (Å²) in [4.78, 5) is 52.4. The van der Waals surface area contributed by atoms with Crippen LogP contribution in [0.4, 0.5) is 11.4 Å². The zero-order valence-electron chi connectivity index (χ0n) is 21.5. The van der Waals surface area contributed by atoms with E-state index in [0.717, 1.165) is 17.5 Å². The van der Waals surface area contributed by atoms with Gasteiger partial charge >= 0.3 is 5.97 Å². The molecular weight excluding hydrogens is 480 g/mol. The van der Waals surface area contributed by atoms with Crippen molar-refractivity contribution < 1.29 is 23.9 Å². The predicted octanol–water partition coefficient (Wildman–Crippen LogP) is 5.17. The Hall–Kier alpha value is -4.26. The van der Waals surface area contributed by atoms with Crippen molar-refractivity contribution in [3.63, 3.8) is 0 Å². The summed E-state index contributed by atoms with van der Waals surface area (Å²) in [5.74, 6) is -1.83. The molecule has 2 aliphatic rings. The van der Waals surface area contributed by atoms with E-state index >= 15 is 0 Å². The summed E-state index contributed by atoms with van der Waals surface area (Å²) < 4.78 is 5.16. The van der Waals surface area contributed by atoms with Crippen LogP contribution >= 0.6 is 0 Å². The lowest BCUT2D eigenvalue weighted by atomic mass is 9.73. The molecule has 7 heteroatoms. The molecule has 1 saturated carbocycles. The molecule has 0 spiro atoms. The molecule has 3 aromatic rings. The van der Waals surface area contributed by atoms with E-state index in [1.165, 1.54) is 22.6 Å². The van der Waals surface area contributed by atoms with Crippen LogP contribution in [0.3, 0.4) is 0 Å². The molecule has 7 nitrogen and oxygen atoms in total. The zero-order chi connectivity index (χ0) is 26.8. The number of imide groups is 1. The normalized spacial score (nSPS) is 20.7. The first kappa shape index (κ1) is 25.4. The van der Waals surface area contributed by atoms with Gasteiger partial charge in [-0.15, -0.1) is 0 Å². The largest absolute Gasteiger partial charge is 0.452 e. The Morgan fingerprint density at radius 2 is 1.53 bits per heavy atom. The van der Waals surface area contributed by atoms with Crippen molar-refractivity contribution in [3.05, 3.63) is 95.1 Å². The molecule has 3 atom stereocenters. The van der Waals surface area contributed by atoms with Gasteiger partial charge in [-0.25, -0.2) is 4.79 Å². The van der Waals surface area contributed by atoms with Gasteiger partial charge in [0, 0.05) is 5.69 Å². The predicted molar refractivity (Wildman–Crippen MR) is 144 cm³/mol. The molecule has 3 aromatic carbocycles. The monoisotopic (exact) mass is 510 g/mol. The topological polar surface area (TPSA) is 92.8 Å². The molecule has 0 radical (unpaired) electrons. The quantitative estimate of drug-likeness (QED) is 0.365. The molecule has 2 fully saturated rings. The second-order valence-corrected chi connectivity index (χ2v) is 10.2. The second-order valence-electron chi connectivity index (χ2n) is 10.2. The fourth-order valence-corrected chi connectivity index (χ4v) is 5.67. The van der Waals surface area contributed by atoms with Crippen LogP contribution in [0.1, 0.15) is 52.2 Å². The molecule has 0 bridgehead atoms. The smallest absolute Gasteiger partial charge is 0.338 e. The van der Waals surface area contributed by atoms with Crippen LogP contribution in [-0.4, -0.2) is 30.3 Å². The van der Waals surface area contributed by atoms with E-state index < -0.39 is 18.5 Å². The number of carbonyl (C=O) groups is 4. The fourth-order valence-electron chi connectivity index (χ4n) is 5.67. The summed E-state index contributed by atoms with van der Waals surface area (Å²) in [6, 6.07) is 22.0. The summed E-state index contributed by atoms with van der Waals surface area (Å²) in [6.07, 6.45) is 2.21. The lowest BCUT2D eigenvalue weighted by Crippen LogP contribution is -2.30. The van der Waals surface area contributed by atoms with Crippen molar-refractivity contribution in [1.29, 1.82) is 0 Å². The van der Waals surface area contributed by atoms with Crippen LogP contribution < -0.4 is 10.2 Å². The van der Waals surface area contributed by atoms with Gasteiger partial charge in [0.05, 0.1) is 23.1 Å². The molecule has 194 valence electrons. The molecule has 1 aliphatic heterocycles. The number of hydrogen-bond donors (Lipinski definition) is 1. The van der Waals surface area contributed by atoms with Crippen molar-refractivity contribution in [2.75, 3.05) is 16.8 Å². The van der Waals surface area contributed by atoms with Crippen molar-refractivity contribution >= 4 is 35.1 Å². The number of esters is 1. The first-order valence-corrected chi connectivity index (χ1v) is 12.9. The Labute approximate surface area is 221 Å². The molecule has 0 aromatic heterocycles. The van der Waals surface area contributed by atoms with Crippen molar-refractivity contribution in [2.24, 2.45) is 11.8 Å². The number of fused-ring (bicyclic) bond motifs is 1. The van der Waals surface area contributed by atoms with E-state index in [4.69, 9.17) is 4.74 Å². The molecule has 38 heavy (non-hydrogen) atoms. The Bertz CT molecular complexity index is 1360. The lowest BCUT2D eigenvalue weighted by molar-refractivity contribution is -0.122. The van der Waals surface area contributed by atoms with Crippen LogP contribution in [0.5, 0.6) is 0 Å². The van der Waals surface area contributed by atoms with Gasteiger partial charge < -0.3 is 10.1 Å². The minimum Gasteiger partial charge on any atom is -0.452 e. The van der Waals surface area contributed by atoms with Crippen molar-refractivity contribution in [2.45, 2.75) is 39.0 Å². The Balaban J connectivity index is 1.20. The molecular formula is C31H30N2O5. The molecule has 0 unspecified atom stereocenters. The number of ether oxygens (including phenoxy) is 1. The number of aryl methyl sites for hydroxylation is 2. The Morgan fingerprint density at radius 1 is 0.868 bits per heavy atom. The number of amides is 3. The molecule has 5 rings (SSSR count). The highest BCUT2D eigenvalue weighted by molar-refractivity contribution is 6.22. The summed E-state index contributed by atoms with van der Waals surface area (Å²) in [7, 11) is 0. The van der Waals surface area contributed by atoms with Gasteiger partial charge in [0.1, 0.15) is 0 Å². The number of nitrogens with one attached hydrogen (secondary N) is 1. The minimum atomic E-state index is -0.662. The van der Waals surface area contributed by atoms with Crippen LogP contribution in [0, 0.1) is 25.7 Å². The summed E-state index contributed by atoms with van der Waals surface area (Å²) in [6.45, 7) is 3.44. The number of carbonyl (C=O) groups excluding carboxylic acids is 4. The van der Waals surface area contributed by atoms with Crippen LogP contribution in [0.15, 0.2) is 72.8 Å². The molecule has 1 saturated heterocycles. The summed E-state index contributed by atoms with van der Waals surface area (Å²) in [5, 5.41) is 2.73. The second kappa shape index (κ2) is 10.6. The summed E-state index contributed by atoms with van der Waals surface area (Å²) >= 11 is 0. The minimum absolute atomic E-state index is 0.176. The average molecular weight is 511 g/mol. The third-order valence-electron chi connectivity index (χ3n) is 7.40. The average Bonchev–Trinajstić information content (AvgIpc) is 3.16. The summed E-state index contributed by atoms with van der Waals surface area (Å²) in [5.41, 5.74) is 4.55. The fraction of sp³-hybridized carbons (Fsp3) is 0.290. The number of hydrogen-bond acceptors (Lipinski definition) is 5. The van der Waals surface area contributed by atoms with Crippen LogP contribution in [-0.2, 0) is 19.1 Å². The van der Waals surface area contributed by atoms with E-state index in [1.54, 1.807) is 12.1 Å². The van der Waals surface area contributed by atoms with Gasteiger partial charge in [0.15, 0.2) is 6.61 Å². The number of nitrogens with zero attached hydrogens (tertiary/aromatic N) is 1. The van der Waals surface area contributed by atoms with Crippen LogP contribution in [0.25, 0.3) is 0 Å². The first-order valence-electron chi connectivity index (χ1n) is 12.9. The maximum atomic E-state index is 13.3. The van der Waals surface area contributed by atoms with Gasteiger partial charge in [0.25, 0.3) is 5.91 Å². The van der Waals surface area contributed by atoms with E-state index in [1.807, 2.05) is 50.2 Å². The maximum Gasteiger partial charge on any atom is 0.338 e. The molecule has 1 aliphatic carbocycles. The SMILES string of the molecule is Cc1cc(C)cc(NC(=O)COC(=O)c2ccc(N3C(=O)[C@H]4C[C@H](c5ccccc5)CC[C@H]4C3=O)cc2)c1. The van der Waals surface area contributed by atoms with Gasteiger partial charge in [0.2, 0.25) is 11.8 Å². The number of rotatable bonds is 6. The maximum absolute atomic E-state index is 13.3. The lowest BCUT2D eigenvalue weighted by Gasteiger charge is -2.28.